The van der Waals surface area contributed by atoms with Crippen molar-refractivity contribution in [3.63, 3.8) is 0 Å². The normalized spacial score (nSPS) is 27.5. The van der Waals surface area contributed by atoms with Crippen LogP contribution in [0.25, 0.3) is 0 Å². The Morgan fingerprint density at radius 2 is 1.67 bits per heavy atom. The van der Waals surface area contributed by atoms with Crippen molar-refractivity contribution >= 4 is 11.8 Å². The zero-order valence-corrected chi connectivity index (χ0v) is 15.6. The first-order valence-electron chi connectivity index (χ1n) is 9.60. The summed E-state index contributed by atoms with van der Waals surface area (Å²) in [7, 11) is 1.39. The number of benzene rings is 2. The second-order valence-electron chi connectivity index (χ2n) is 7.66. The molecule has 2 aromatic carbocycles. The first-order valence-corrected chi connectivity index (χ1v) is 9.60. The molecule has 2 aliphatic rings. The van der Waals surface area contributed by atoms with Crippen LogP contribution in [-0.2, 0) is 27.3 Å². The van der Waals surface area contributed by atoms with Crippen LogP contribution >= 0.6 is 0 Å². The second-order valence-corrected chi connectivity index (χ2v) is 7.66. The largest absolute Gasteiger partial charge is 0.468 e. The maximum Gasteiger partial charge on any atom is 0.321 e. The molecule has 0 N–H and O–H groups in total. The van der Waals surface area contributed by atoms with Crippen LogP contribution in [0, 0.1) is 5.41 Å². The molecule has 0 unspecified atom stereocenters. The summed E-state index contributed by atoms with van der Waals surface area (Å²) in [6, 6.07) is 20.2. The number of rotatable bonds is 5. The first kappa shape index (κ1) is 17.9. The third kappa shape index (κ3) is 3.08. The number of hydrogen-bond donors (Lipinski definition) is 0. The molecule has 0 aromatic heterocycles. The van der Waals surface area contributed by atoms with Crippen LogP contribution in [0.2, 0.25) is 0 Å². The molecular formula is C23H25NO3. The predicted molar refractivity (Wildman–Crippen MR) is 103 cm³/mol. The fourth-order valence-electron chi connectivity index (χ4n) is 4.94. The van der Waals surface area contributed by atoms with Gasteiger partial charge in [0.2, 0.25) is 0 Å². The van der Waals surface area contributed by atoms with Crippen molar-refractivity contribution in [3.05, 3.63) is 71.8 Å². The molecular weight excluding hydrogens is 338 g/mol. The minimum atomic E-state index is -1.11. The molecule has 140 valence electrons. The lowest BCUT2D eigenvalue weighted by Crippen LogP contribution is -2.61. The van der Waals surface area contributed by atoms with Crippen LogP contribution in [0.3, 0.4) is 0 Å². The summed E-state index contributed by atoms with van der Waals surface area (Å²) in [6.07, 6.45) is 2.63. The standard InChI is InChI=1S/C23H25NO3/c1-27-22(26)23(15-17-8-4-2-5-9-17)20-13-12-19(14-21(23)25)24(20)16-18-10-6-3-7-11-18/h2-11,19-20H,12-16H2,1H3/t19-,20+,23+/m1/s1. The summed E-state index contributed by atoms with van der Waals surface area (Å²) in [5.74, 6) is -0.352. The zero-order chi connectivity index (χ0) is 18.9. The quantitative estimate of drug-likeness (QED) is 0.603. The fourth-order valence-corrected chi connectivity index (χ4v) is 4.94. The summed E-state index contributed by atoms with van der Waals surface area (Å²) in [6.45, 7) is 0.761. The Hall–Kier alpha value is -2.46. The lowest BCUT2D eigenvalue weighted by atomic mass is 9.68. The van der Waals surface area contributed by atoms with Gasteiger partial charge in [-0.05, 0) is 30.4 Å². The predicted octanol–water partition coefficient (Wildman–Crippen LogP) is 3.39. The molecule has 3 atom stereocenters. The highest BCUT2D eigenvalue weighted by molar-refractivity contribution is 6.06. The number of methoxy groups -OCH3 is 1. The van der Waals surface area contributed by atoms with Crippen molar-refractivity contribution in [2.45, 2.75) is 44.3 Å². The number of hydrogen-bond acceptors (Lipinski definition) is 4. The van der Waals surface area contributed by atoms with Gasteiger partial charge in [-0.15, -0.1) is 0 Å². The number of carbonyl (C=O) groups excluding carboxylic acids is 2. The summed E-state index contributed by atoms with van der Waals surface area (Å²) in [5.41, 5.74) is 1.10. The third-order valence-corrected chi connectivity index (χ3v) is 6.21. The van der Waals surface area contributed by atoms with Gasteiger partial charge in [0.1, 0.15) is 5.41 Å². The van der Waals surface area contributed by atoms with Gasteiger partial charge in [-0.25, -0.2) is 0 Å². The summed E-state index contributed by atoms with van der Waals surface area (Å²) in [5, 5.41) is 0. The number of esters is 1. The van der Waals surface area contributed by atoms with E-state index in [1.54, 1.807) is 0 Å². The maximum absolute atomic E-state index is 13.3. The molecule has 0 spiro atoms. The van der Waals surface area contributed by atoms with Crippen molar-refractivity contribution in [3.8, 4) is 0 Å². The van der Waals surface area contributed by atoms with Crippen LogP contribution in [0.15, 0.2) is 60.7 Å². The van der Waals surface area contributed by atoms with Gasteiger partial charge in [-0.2, -0.15) is 0 Å². The number of ketones is 1. The van der Waals surface area contributed by atoms with E-state index in [1.807, 2.05) is 48.5 Å². The van der Waals surface area contributed by atoms with Crippen molar-refractivity contribution in [1.29, 1.82) is 0 Å². The van der Waals surface area contributed by atoms with E-state index in [2.05, 4.69) is 17.0 Å². The smallest absolute Gasteiger partial charge is 0.321 e. The maximum atomic E-state index is 13.3. The number of nitrogens with zero attached hydrogens (tertiary/aromatic N) is 1. The molecule has 4 nitrogen and oxygen atoms in total. The van der Waals surface area contributed by atoms with E-state index in [9.17, 15) is 9.59 Å². The number of piperidine rings is 1. The molecule has 2 saturated heterocycles. The molecule has 0 amide bonds. The molecule has 4 rings (SSSR count). The van der Waals surface area contributed by atoms with E-state index in [4.69, 9.17) is 4.74 Å². The Morgan fingerprint density at radius 1 is 1.04 bits per heavy atom. The van der Waals surface area contributed by atoms with Crippen molar-refractivity contribution in [2.24, 2.45) is 5.41 Å². The number of ether oxygens (including phenoxy) is 1. The number of Topliss-reactive ketones (excluding diaryl/α,β-unsaturated/α-hetero) is 1. The molecule has 2 aromatic rings. The summed E-state index contributed by atoms with van der Waals surface area (Å²) in [4.78, 5) is 28.6. The van der Waals surface area contributed by atoms with Crippen LogP contribution in [0.1, 0.15) is 30.4 Å². The highest BCUT2D eigenvalue weighted by Gasteiger charge is 2.61. The van der Waals surface area contributed by atoms with Gasteiger partial charge in [0.25, 0.3) is 0 Å². The summed E-state index contributed by atoms with van der Waals surface area (Å²) >= 11 is 0. The Labute approximate surface area is 160 Å². The highest BCUT2D eigenvalue weighted by Crippen LogP contribution is 2.48. The zero-order valence-electron chi connectivity index (χ0n) is 15.6. The van der Waals surface area contributed by atoms with Crippen molar-refractivity contribution in [1.82, 2.24) is 4.90 Å². The average Bonchev–Trinajstić information content (AvgIpc) is 3.02. The van der Waals surface area contributed by atoms with E-state index >= 15 is 0 Å². The van der Waals surface area contributed by atoms with E-state index in [-0.39, 0.29) is 23.8 Å². The first-order chi connectivity index (χ1) is 13.1. The minimum Gasteiger partial charge on any atom is -0.468 e. The van der Waals surface area contributed by atoms with Gasteiger partial charge < -0.3 is 4.74 Å². The average molecular weight is 363 g/mol. The molecule has 27 heavy (non-hydrogen) atoms. The monoisotopic (exact) mass is 363 g/mol. The highest BCUT2D eigenvalue weighted by atomic mass is 16.5. The molecule has 2 heterocycles. The number of carbonyl (C=O) groups is 2. The molecule has 2 aliphatic heterocycles. The topological polar surface area (TPSA) is 46.6 Å². The van der Waals surface area contributed by atoms with Gasteiger partial charge in [-0.1, -0.05) is 60.7 Å². The van der Waals surface area contributed by atoms with Crippen molar-refractivity contribution < 1.29 is 14.3 Å². The van der Waals surface area contributed by atoms with Crippen LogP contribution in [-0.4, -0.2) is 35.8 Å². The summed E-state index contributed by atoms with van der Waals surface area (Å²) < 4.78 is 5.20. The van der Waals surface area contributed by atoms with Gasteiger partial charge in [0, 0.05) is 25.0 Å². The SMILES string of the molecule is COC(=O)[C@]1(Cc2ccccc2)C(=O)C[C@H]2CC[C@@H]1N2Cc1ccccc1. The Morgan fingerprint density at radius 3 is 2.30 bits per heavy atom. The van der Waals surface area contributed by atoms with Gasteiger partial charge in [-0.3, -0.25) is 14.5 Å². The minimum absolute atomic E-state index is 0.0371. The molecule has 0 aliphatic carbocycles. The lowest BCUT2D eigenvalue weighted by molar-refractivity contribution is -0.167. The molecule has 0 saturated carbocycles. The Bertz CT molecular complexity index is 820. The second kappa shape index (κ2) is 7.28. The van der Waals surface area contributed by atoms with Crippen LogP contribution in [0.5, 0.6) is 0 Å². The third-order valence-electron chi connectivity index (χ3n) is 6.21. The number of fused-ring (bicyclic) bond motifs is 2. The fraction of sp³-hybridized carbons (Fsp3) is 0.391. The van der Waals surface area contributed by atoms with Crippen molar-refractivity contribution in [2.75, 3.05) is 7.11 Å². The van der Waals surface area contributed by atoms with E-state index in [0.717, 1.165) is 24.9 Å². The lowest BCUT2D eigenvalue weighted by Gasteiger charge is -2.45. The Balaban J connectivity index is 1.72. The van der Waals surface area contributed by atoms with E-state index in [1.165, 1.54) is 12.7 Å². The molecule has 4 heteroatoms. The van der Waals surface area contributed by atoms with E-state index < -0.39 is 5.41 Å². The van der Waals surface area contributed by atoms with Gasteiger partial charge >= 0.3 is 5.97 Å². The van der Waals surface area contributed by atoms with Gasteiger partial charge in [0.05, 0.1) is 7.11 Å². The Kier molecular flexibility index (Phi) is 4.83. The molecule has 2 fully saturated rings. The molecule has 0 radical (unpaired) electrons. The van der Waals surface area contributed by atoms with E-state index in [0.29, 0.717) is 12.8 Å². The van der Waals surface area contributed by atoms with Gasteiger partial charge in [0.15, 0.2) is 5.78 Å². The van der Waals surface area contributed by atoms with Crippen LogP contribution < -0.4 is 0 Å². The van der Waals surface area contributed by atoms with Crippen LogP contribution in [0.4, 0.5) is 0 Å². The molecule has 2 bridgehead atoms.